The second-order valence-electron chi connectivity index (χ2n) is 7.39. The Balaban J connectivity index is 1.86. The summed E-state index contributed by atoms with van der Waals surface area (Å²) in [5.74, 6) is -0.856. The van der Waals surface area contributed by atoms with Crippen LogP contribution in [0.4, 0.5) is 0 Å². The van der Waals surface area contributed by atoms with Gasteiger partial charge in [0.15, 0.2) is 0 Å². The van der Waals surface area contributed by atoms with Gasteiger partial charge in [-0.25, -0.2) is 4.79 Å². The number of carboxylic acids is 1. The first kappa shape index (κ1) is 19.2. The predicted octanol–water partition coefficient (Wildman–Crippen LogP) is 5.80. The molecular formula is C24H22N2O2S. The van der Waals surface area contributed by atoms with Gasteiger partial charge in [0.25, 0.3) is 0 Å². The van der Waals surface area contributed by atoms with Crippen LogP contribution in [0.2, 0.25) is 0 Å². The quantitative estimate of drug-likeness (QED) is 0.561. The Morgan fingerprint density at radius 2 is 1.93 bits per heavy atom. The van der Waals surface area contributed by atoms with Gasteiger partial charge in [-0.3, -0.25) is 0 Å². The highest BCUT2D eigenvalue weighted by Gasteiger charge is 2.27. The molecule has 4 nitrogen and oxygen atoms in total. The molecule has 4 rings (SSSR count). The molecule has 0 aliphatic heterocycles. The van der Waals surface area contributed by atoms with E-state index >= 15 is 0 Å². The monoisotopic (exact) mass is 402 g/mol. The Bertz CT molecular complexity index is 1160. The molecule has 0 saturated heterocycles. The number of aromatic nitrogens is 1. The molecule has 0 fully saturated rings. The fourth-order valence-corrected chi connectivity index (χ4v) is 5.62. The zero-order valence-corrected chi connectivity index (χ0v) is 17.3. The van der Waals surface area contributed by atoms with Crippen LogP contribution in [0.15, 0.2) is 36.4 Å². The summed E-state index contributed by atoms with van der Waals surface area (Å²) in [4.78, 5) is 13.3. The molecule has 0 unspecified atom stereocenters. The lowest BCUT2D eigenvalue weighted by Crippen LogP contribution is -2.09. The average molecular weight is 403 g/mol. The molecule has 0 atom stereocenters. The molecular weight excluding hydrogens is 380 g/mol. The Labute approximate surface area is 174 Å². The summed E-state index contributed by atoms with van der Waals surface area (Å²) >= 11 is 1.60. The van der Waals surface area contributed by atoms with Crippen LogP contribution in [0.5, 0.6) is 0 Å². The van der Waals surface area contributed by atoms with Crippen molar-refractivity contribution in [2.24, 2.45) is 0 Å². The number of benzene rings is 1. The van der Waals surface area contributed by atoms with Crippen molar-refractivity contribution in [1.29, 1.82) is 5.26 Å². The standard InChI is InChI=1S/C24H22N2O2S/c1-15-12-18(13-19(14-25)17-8-4-3-5-9-17)16(2)26(15)23-22(24(27)28)20-10-6-7-11-21(20)29-23/h3-5,8-9,12-13H,6-7,10-11H2,1-2H3,(H,27,28). The van der Waals surface area contributed by atoms with Crippen LogP contribution in [0.3, 0.4) is 0 Å². The maximum Gasteiger partial charge on any atom is 0.339 e. The summed E-state index contributed by atoms with van der Waals surface area (Å²) in [5.41, 5.74) is 5.78. The lowest BCUT2D eigenvalue weighted by atomic mass is 9.95. The molecule has 3 aromatic rings. The Kier molecular flexibility index (Phi) is 5.12. The minimum atomic E-state index is -0.856. The van der Waals surface area contributed by atoms with Gasteiger partial charge in [-0.1, -0.05) is 30.3 Å². The topological polar surface area (TPSA) is 66.0 Å². The van der Waals surface area contributed by atoms with Crippen molar-refractivity contribution in [2.75, 3.05) is 0 Å². The van der Waals surface area contributed by atoms with E-state index in [4.69, 9.17) is 0 Å². The predicted molar refractivity (Wildman–Crippen MR) is 117 cm³/mol. The van der Waals surface area contributed by atoms with Gasteiger partial charge in [0, 0.05) is 16.3 Å². The number of carbonyl (C=O) groups is 1. The van der Waals surface area contributed by atoms with Gasteiger partial charge in [-0.2, -0.15) is 5.26 Å². The molecule has 0 spiro atoms. The fraction of sp³-hybridized carbons (Fsp3) is 0.250. The summed E-state index contributed by atoms with van der Waals surface area (Å²) in [6.07, 6.45) is 5.85. The third-order valence-corrected chi connectivity index (χ3v) is 6.82. The molecule has 1 aromatic carbocycles. The highest BCUT2D eigenvalue weighted by Crippen LogP contribution is 2.39. The van der Waals surface area contributed by atoms with Crippen LogP contribution in [0.25, 0.3) is 16.7 Å². The number of allylic oxidation sites excluding steroid dienone is 1. The summed E-state index contributed by atoms with van der Waals surface area (Å²) < 4.78 is 2.04. The van der Waals surface area contributed by atoms with Crippen molar-refractivity contribution < 1.29 is 9.90 Å². The number of hydrogen-bond donors (Lipinski definition) is 1. The lowest BCUT2D eigenvalue weighted by molar-refractivity contribution is 0.0696. The summed E-state index contributed by atoms with van der Waals surface area (Å²) in [6.45, 7) is 3.98. The van der Waals surface area contributed by atoms with Gasteiger partial charge in [0.05, 0.1) is 17.2 Å². The average Bonchev–Trinajstić information content (AvgIpc) is 3.23. The van der Waals surface area contributed by atoms with E-state index in [2.05, 4.69) is 6.07 Å². The fourth-order valence-electron chi connectivity index (χ4n) is 4.13. The van der Waals surface area contributed by atoms with E-state index < -0.39 is 5.97 Å². The van der Waals surface area contributed by atoms with Crippen molar-refractivity contribution in [3.8, 4) is 11.1 Å². The van der Waals surface area contributed by atoms with Crippen LogP contribution in [-0.2, 0) is 12.8 Å². The van der Waals surface area contributed by atoms with Crippen LogP contribution >= 0.6 is 11.3 Å². The van der Waals surface area contributed by atoms with E-state index in [1.54, 1.807) is 11.3 Å². The first-order valence-electron chi connectivity index (χ1n) is 9.75. The van der Waals surface area contributed by atoms with Crippen molar-refractivity contribution in [2.45, 2.75) is 39.5 Å². The largest absolute Gasteiger partial charge is 0.478 e. The van der Waals surface area contributed by atoms with E-state index in [1.165, 1.54) is 4.88 Å². The molecule has 1 aliphatic carbocycles. The van der Waals surface area contributed by atoms with E-state index in [-0.39, 0.29) is 0 Å². The zero-order chi connectivity index (χ0) is 20.5. The molecule has 0 saturated carbocycles. The van der Waals surface area contributed by atoms with E-state index in [0.29, 0.717) is 11.1 Å². The summed E-state index contributed by atoms with van der Waals surface area (Å²) in [7, 11) is 0. The second-order valence-corrected chi connectivity index (χ2v) is 8.48. The lowest BCUT2D eigenvalue weighted by Gasteiger charge is -2.11. The van der Waals surface area contributed by atoms with E-state index in [1.807, 2.05) is 60.9 Å². The summed E-state index contributed by atoms with van der Waals surface area (Å²) in [5, 5.41) is 20.4. The number of nitrogens with zero attached hydrogens (tertiary/aromatic N) is 2. The molecule has 1 N–H and O–H groups in total. The molecule has 0 bridgehead atoms. The molecule has 5 heteroatoms. The Morgan fingerprint density at radius 1 is 1.21 bits per heavy atom. The number of nitriles is 1. The minimum absolute atomic E-state index is 0.450. The van der Waals surface area contributed by atoms with Crippen LogP contribution in [0.1, 0.15) is 56.2 Å². The molecule has 146 valence electrons. The SMILES string of the molecule is Cc1cc(C=C(C#N)c2ccccc2)c(C)n1-c1sc2c(c1C(=O)O)CCCC2. The Hall–Kier alpha value is -3.10. The molecule has 1 aliphatic rings. The van der Waals surface area contributed by atoms with Crippen LogP contribution in [-0.4, -0.2) is 15.6 Å². The highest BCUT2D eigenvalue weighted by atomic mass is 32.1. The first-order chi connectivity index (χ1) is 14.0. The third-order valence-electron chi connectivity index (χ3n) is 5.55. The van der Waals surface area contributed by atoms with Crippen molar-refractivity contribution in [1.82, 2.24) is 4.57 Å². The second kappa shape index (κ2) is 7.73. The minimum Gasteiger partial charge on any atom is -0.478 e. The normalized spacial score (nSPS) is 13.8. The van der Waals surface area contributed by atoms with Crippen LogP contribution < -0.4 is 0 Å². The number of aryl methyl sites for hydroxylation is 2. The number of carboxylic acid groups (broad SMARTS) is 1. The number of aromatic carboxylic acids is 1. The van der Waals surface area contributed by atoms with Crippen molar-refractivity contribution in [3.05, 3.63) is 74.9 Å². The molecule has 2 heterocycles. The maximum atomic E-state index is 12.1. The first-order valence-corrected chi connectivity index (χ1v) is 10.6. The van der Waals surface area contributed by atoms with Crippen LogP contribution in [0, 0.1) is 25.2 Å². The number of rotatable bonds is 4. The van der Waals surface area contributed by atoms with Gasteiger partial charge < -0.3 is 9.67 Å². The van der Waals surface area contributed by atoms with Gasteiger partial charge in [0.1, 0.15) is 5.00 Å². The Morgan fingerprint density at radius 3 is 2.62 bits per heavy atom. The van der Waals surface area contributed by atoms with Gasteiger partial charge >= 0.3 is 5.97 Å². The number of thiophene rings is 1. The zero-order valence-electron chi connectivity index (χ0n) is 16.5. The maximum absolute atomic E-state index is 12.1. The van der Waals surface area contributed by atoms with Gasteiger partial charge in [-0.05, 0) is 68.4 Å². The summed E-state index contributed by atoms with van der Waals surface area (Å²) in [6, 6.07) is 13.9. The van der Waals surface area contributed by atoms with E-state index in [0.717, 1.165) is 58.8 Å². The molecule has 0 radical (unpaired) electrons. The third kappa shape index (κ3) is 3.41. The molecule has 2 aromatic heterocycles. The molecule has 0 amide bonds. The van der Waals surface area contributed by atoms with Gasteiger partial charge in [-0.15, -0.1) is 11.3 Å². The van der Waals surface area contributed by atoms with Gasteiger partial charge in [0.2, 0.25) is 0 Å². The van der Waals surface area contributed by atoms with E-state index in [9.17, 15) is 15.2 Å². The number of hydrogen-bond acceptors (Lipinski definition) is 3. The smallest absolute Gasteiger partial charge is 0.339 e. The van der Waals surface area contributed by atoms with Crippen molar-refractivity contribution in [3.63, 3.8) is 0 Å². The van der Waals surface area contributed by atoms with Crippen molar-refractivity contribution >= 4 is 29.0 Å². The number of fused-ring (bicyclic) bond motifs is 1. The molecule has 29 heavy (non-hydrogen) atoms. The highest BCUT2D eigenvalue weighted by molar-refractivity contribution is 7.15.